The van der Waals surface area contributed by atoms with Crippen molar-refractivity contribution in [2.75, 3.05) is 6.54 Å². The van der Waals surface area contributed by atoms with Gasteiger partial charge in [-0.15, -0.1) is 0 Å². The van der Waals surface area contributed by atoms with E-state index >= 15 is 0 Å². The Balaban J connectivity index is 1.85. The largest absolute Gasteiger partial charge is 0.348 e. The number of benzene rings is 3. The second kappa shape index (κ2) is 10.5. The Kier molecular flexibility index (Phi) is 7.73. The molecular weight excluding hydrogens is 443 g/mol. The lowest BCUT2D eigenvalue weighted by Gasteiger charge is -2.23. The first-order chi connectivity index (χ1) is 15.7. The third-order valence-corrected chi connectivity index (χ3v) is 6.97. The van der Waals surface area contributed by atoms with Crippen LogP contribution in [0.5, 0.6) is 0 Å². The first kappa shape index (κ1) is 24.3. The maximum absolute atomic E-state index is 13.4. The molecule has 0 spiro atoms. The highest BCUT2D eigenvalue weighted by molar-refractivity contribution is 7.89. The van der Waals surface area contributed by atoms with E-state index in [9.17, 15) is 22.4 Å². The fraction of sp³-hybridized carbons (Fsp3) is 0.200. The smallest absolute Gasteiger partial charge is 0.243 e. The molecule has 8 heteroatoms. The number of Topliss-reactive ketones (excluding diaryl/α,β-unsaturated/α-hetero) is 1. The molecule has 1 N–H and O–H groups in total. The highest BCUT2D eigenvalue weighted by Gasteiger charge is 2.27. The number of amides is 1. The van der Waals surface area contributed by atoms with E-state index in [4.69, 9.17) is 0 Å². The first-order valence-electron chi connectivity index (χ1n) is 10.4. The van der Waals surface area contributed by atoms with E-state index in [0.717, 1.165) is 9.87 Å². The third kappa shape index (κ3) is 6.34. The minimum absolute atomic E-state index is 0.0430. The Morgan fingerprint density at radius 3 is 2.12 bits per heavy atom. The summed E-state index contributed by atoms with van der Waals surface area (Å²) in [6.45, 7) is 2.66. The van der Waals surface area contributed by atoms with Gasteiger partial charge in [0, 0.05) is 12.1 Å². The van der Waals surface area contributed by atoms with Gasteiger partial charge in [-0.05, 0) is 49.2 Å². The lowest BCUT2D eigenvalue weighted by Crippen LogP contribution is -2.41. The predicted octanol–water partition coefficient (Wildman–Crippen LogP) is 4.10. The van der Waals surface area contributed by atoms with E-state index in [0.29, 0.717) is 11.1 Å². The van der Waals surface area contributed by atoms with Crippen LogP contribution in [0.2, 0.25) is 0 Å². The number of rotatable bonds is 9. The maximum Gasteiger partial charge on any atom is 0.243 e. The molecule has 3 rings (SSSR count). The molecule has 3 aromatic carbocycles. The predicted molar refractivity (Wildman–Crippen MR) is 123 cm³/mol. The number of nitrogens with one attached hydrogen (secondary N) is 1. The number of nitrogens with zero attached hydrogens (tertiary/aromatic N) is 1. The Morgan fingerprint density at radius 1 is 0.939 bits per heavy atom. The van der Waals surface area contributed by atoms with E-state index < -0.39 is 28.3 Å². The molecule has 0 heterocycles. The van der Waals surface area contributed by atoms with Gasteiger partial charge in [0.05, 0.1) is 17.5 Å². The van der Waals surface area contributed by atoms with Crippen molar-refractivity contribution in [3.05, 3.63) is 101 Å². The number of halogens is 1. The molecular formula is C25H25FN2O4S. The Labute approximate surface area is 193 Å². The van der Waals surface area contributed by atoms with Crippen molar-refractivity contribution in [2.24, 2.45) is 0 Å². The van der Waals surface area contributed by atoms with Gasteiger partial charge in [0.15, 0.2) is 5.78 Å². The summed E-state index contributed by atoms with van der Waals surface area (Å²) >= 11 is 0. The van der Waals surface area contributed by atoms with Gasteiger partial charge in [-0.3, -0.25) is 9.59 Å². The average Bonchev–Trinajstić information content (AvgIpc) is 2.80. The van der Waals surface area contributed by atoms with E-state index in [-0.39, 0.29) is 23.3 Å². The summed E-state index contributed by atoms with van der Waals surface area (Å²) in [6, 6.07) is 20.0. The van der Waals surface area contributed by atoms with Crippen molar-refractivity contribution in [3.8, 4) is 0 Å². The fourth-order valence-electron chi connectivity index (χ4n) is 3.30. The Morgan fingerprint density at radius 2 is 1.55 bits per heavy atom. The number of hydrogen-bond donors (Lipinski definition) is 1. The lowest BCUT2D eigenvalue weighted by atomic mass is 10.1. The number of carbonyl (C=O) groups excluding carboxylic acids is 2. The van der Waals surface area contributed by atoms with Crippen molar-refractivity contribution >= 4 is 21.7 Å². The van der Waals surface area contributed by atoms with E-state index in [2.05, 4.69) is 5.32 Å². The van der Waals surface area contributed by atoms with Crippen LogP contribution in [0.1, 0.15) is 41.4 Å². The summed E-state index contributed by atoms with van der Waals surface area (Å²) in [5, 5.41) is 2.82. The van der Waals surface area contributed by atoms with E-state index in [1.54, 1.807) is 0 Å². The molecule has 0 aliphatic rings. The van der Waals surface area contributed by atoms with Crippen LogP contribution in [0.4, 0.5) is 4.39 Å². The normalized spacial score (nSPS) is 12.4. The van der Waals surface area contributed by atoms with Crippen LogP contribution in [0, 0.1) is 5.82 Å². The SMILES string of the molecule is CC(=O)c1ccc(S(=O)(=O)N(CC(=O)N[C@@H](C)c2ccccc2)Cc2ccc(F)cc2)cc1. The van der Waals surface area contributed by atoms with Gasteiger partial charge in [-0.2, -0.15) is 4.31 Å². The van der Waals surface area contributed by atoms with Crippen molar-refractivity contribution in [1.82, 2.24) is 9.62 Å². The van der Waals surface area contributed by atoms with Gasteiger partial charge in [-0.25, -0.2) is 12.8 Å². The molecule has 0 aromatic heterocycles. The quantitative estimate of drug-likeness (QED) is 0.480. The van der Waals surface area contributed by atoms with Crippen molar-refractivity contribution in [1.29, 1.82) is 0 Å². The minimum Gasteiger partial charge on any atom is -0.348 e. The molecule has 1 atom stereocenters. The molecule has 3 aromatic rings. The summed E-state index contributed by atoms with van der Waals surface area (Å²) in [4.78, 5) is 24.3. The van der Waals surface area contributed by atoms with Crippen LogP contribution in [-0.2, 0) is 21.4 Å². The molecule has 172 valence electrons. The third-order valence-electron chi connectivity index (χ3n) is 5.17. The van der Waals surface area contributed by atoms with Crippen molar-refractivity contribution in [2.45, 2.75) is 31.3 Å². The van der Waals surface area contributed by atoms with Crippen LogP contribution in [0.15, 0.2) is 83.8 Å². The highest BCUT2D eigenvalue weighted by atomic mass is 32.2. The zero-order chi connectivity index (χ0) is 24.0. The molecule has 6 nitrogen and oxygen atoms in total. The Hall–Kier alpha value is -3.36. The summed E-state index contributed by atoms with van der Waals surface area (Å²) < 4.78 is 41.1. The molecule has 0 radical (unpaired) electrons. The molecule has 0 fully saturated rings. The maximum atomic E-state index is 13.4. The Bertz CT molecular complexity index is 1210. The summed E-state index contributed by atoms with van der Waals surface area (Å²) in [7, 11) is -4.08. The molecule has 1 amide bonds. The highest BCUT2D eigenvalue weighted by Crippen LogP contribution is 2.20. The van der Waals surface area contributed by atoms with Gasteiger partial charge in [0.25, 0.3) is 0 Å². The molecule has 0 aliphatic carbocycles. The van der Waals surface area contributed by atoms with Crippen molar-refractivity contribution < 1.29 is 22.4 Å². The number of ketones is 1. The molecule has 0 saturated carbocycles. The van der Waals surface area contributed by atoms with Crippen LogP contribution in [-0.4, -0.2) is 31.0 Å². The molecule has 0 bridgehead atoms. The lowest BCUT2D eigenvalue weighted by molar-refractivity contribution is -0.122. The molecule has 33 heavy (non-hydrogen) atoms. The molecule has 0 saturated heterocycles. The second-order valence-corrected chi connectivity index (χ2v) is 9.62. The van der Waals surface area contributed by atoms with Crippen molar-refractivity contribution in [3.63, 3.8) is 0 Å². The first-order valence-corrected chi connectivity index (χ1v) is 11.8. The topological polar surface area (TPSA) is 83.6 Å². The summed E-state index contributed by atoms with van der Waals surface area (Å²) in [5.41, 5.74) is 1.80. The van der Waals surface area contributed by atoms with Crippen LogP contribution in [0.3, 0.4) is 0 Å². The summed E-state index contributed by atoms with van der Waals surface area (Å²) in [6.07, 6.45) is 0. The average molecular weight is 469 g/mol. The van der Waals surface area contributed by atoms with Crippen LogP contribution in [0.25, 0.3) is 0 Å². The number of hydrogen-bond acceptors (Lipinski definition) is 4. The van der Waals surface area contributed by atoms with Crippen LogP contribution >= 0.6 is 0 Å². The second-order valence-electron chi connectivity index (χ2n) is 7.68. The number of carbonyl (C=O) groups is 2. The molecule has 0 unspecified atom stereocenters. The van der Waals surface area contributed by atoms with Gasteiger partial charge in [-0.1, -0.05) is 54.6 Å². The van der Waals surface area contributed by atoms with Gasteiger partial charge in [0.2, 0.25) is 15.9 Å². The number of sulfonamides is 1. The van der Waals surface area contributed by atoms with E-state index in [1.807, 2.05) is 37.3 Å². The van der Waals surface area contributed by atoms with Gasteiger partial charge in [0.1, 0.15) is 5.82 Å². The monoisotopic (exact) mass is 468 g/mol. The zero-order valence-corrected chi connectivity index (χ0v) is 19.2. The fourth-order valence-corrected chi connectivity index (χ4v) is 4.69. The van der Waals surface area contributed by atoms with Crippen LogP contribution < -0.4 is 5.32 Å². The molecule has 0 aliphatic heterocycles. The zero-order valence-electron chi connectivity index (χ0n) is 18.4. The summed E-state index contributed by atoms with van der Waals surface area (Å²) in [5.74, 6) is -1.10. The minimum atomic E-state index is -4.08. The van der Waals surface area contributed by atoms with E-state index in [1.165, 1.54) is 55.5 Å². The van der Waals surface area contributed by atoms with Gasteiger partial charge < -0.3 is 5.32 Å². The van der Waals surface area contributed by atoms with Gasteiger partial charge >= 0.3 is 0 Å². The standard InChI is InChI=1S/C25H25FN2O4S/c1-18(21-6-4-3-5-7-21)27-25(30)17-28(16-20-8-12-23(26)13-9-20)33(31,32)24-14-10-22(11-15-24)19(2)29/h3-15,18H,16-17H2,1-2H3,(H,27,30)/t18-/m0/s1.